The largest absolute Gasteiger partial charge is 0.461 e. The minimum atomic E-state index is 0.0140. The highest BCUT2D eigenvalue weighted by Crippen LogP contribution is 2.57. The van der Waals surface area contributed by atoms with E-state index in [-0.39, 0.29) is 17.7 Å². The number of fused-ring (bicyclic) bond motifs is 4. The molecule has 2 bridgehead atoms. The summed E-state index contributed by atoms with van der Waals surface area (Å²) in [7, 11) is 0. The predicted molar refractivity (Wildman–Crippen MR) is 106 cm³/mol. The van der Waals surface area contributed by atoms with Gasteiger partial charge in [-0.3, -0.25) is 9.36 Å². The zero-order valence-electron chi connectivity index (χ0n) is 15.0. The molecule has 2 heterocycles. The molecule has 6 rings (SSSR count). The van der Waals surface area contributed by atoms with Crippen LogP contribution in [0.4, 0.5) is 0 Å². The van der Waals surface area contributed by atoms with Crippen molar-refractivity contribution in [3.63, 3.8) is 0 Å². The van der Waals surface area contributed by atoms with Gasteiger partial charge in [0, 0.05) is 22.9 Å². The van der Waals surface area contributed by atoms with Gasteiger partial charge in [0.1, 0.15) is 11.3 Å². The summed E-state index contributed by atoms with van der Waals surface area (Å²) in [6.45, 7) is 0. The second-order valence-corrected chi connectivity index (χ2v) is 8.15. The maximum atomic E-state index is 13.6. The first-order valence-electron chi connectivity index (χ1n) is 9.88. The maximum absolute atomic E-state index is 13.6. The van der Waals surface area contributed by atoms with Crippen molar-refractivity contribution < 1.29 is 9.21 Å². The molecule has 0 N–H and O–H groups in total. The molecule has 0 amide bonds. The first kappa shape index (κ1) is 15.3. The van der Waals surface area contributed by atoms with E-state index in [1.807, 2.05) is 53.2 Å². The molecule has 2 aromatic heterocycles. The fourth-order valence-electron chi connectivity index (χ4n) is 5.66. The van der Waals surface area contributed by atoms with Crippen molar-refractivity contribution >= 4 is 27.8 Å². The Bertz CT molecular complexity index is 1130. The number of carbonyl (C=O) groups excluding carboxylic acids is 1. The van der Waals surface area contributed by atoms with Crippen molar-refractivity contribution in [1.82, 2.24) is 4.57 Å². The van der Waals surface area contributed by atoms with Crippen LogP contribution in [-0.4, -0.2) is 10.5 Å². The minimum Gasteiger partial charge on any atom is -0.461 e. The van der Waals surface area contributed by atoms with Crippen LogP contribution in [0.1, 0.15) is 35.7 Å². The summed E-state index contributed by atoms with van der Waals surface area (Å²) >= 11 is 0. The van der Waals surface area contributed by atoms with Crippen molar-refractivity contribution in [3.05, 3.63) is 72.6 Å². The zero-order chi connectivity index (χ0) is 18.0. The molecule has 2 saturated carbocycles. The second kappa shape index (κ2) is 5.59. The molecule has 4 atom stereocenters. The van der Waals surface area contributed by atoms with Crippen LogP contribution in [0.5, 0.6) is 0 Å². The molecule has 0 radical (unpaired) electrons. The summed E-state index contributed by atoms with van der Waals surface area (Å²) in [5, 5.41) is 2.25. The van der Waals surface area contributed by atoms with Crippen LogP contribution in [0.25, 0.3) is 21.9 Å². The summed E-state index contributed by atoms with van der Waals surface area (Å²) in [5.74, 6) is 2.48. The quantitative estimate of drug-likeness (QED) is 0.451. The van der Waals surface area contributed by atoms with E-state index < -0.39 is 0 Å². The lowest BCUT2D eigenvalue weighted by atomic mass is 9.77. The van der Waals surface area contributed by atoms with Crippen LogP contribution in [-0.2, 0) is 0 Å². The number of hydrogen-bond acceptors (Lipinski definition) is 2. The van der Waals surface area contributed by atoms with E-state index in [9.17, 15) is 4.79 Å². The highest BCUT2D eigenvalue weighted by Gasteiger charge is 2.53. The molecule has 2 aliphatic carbocycles. The number of para-hydroxylation sites is 2. The van der Waals surface area contributed by atoms with Gasteiger partial charge in [-0.2, -0.15) is 0 Å². The van der Waals surface area contributed by atoms with Crippen molar-refractivity contribution in [2.24, 2.45) is 17.8 Å². The average Bonchev–Trinajstić information content (AvgIpc) is 3.48. The van der Waals surface area contributed by atoms with Crippen LogP contribution < -0.4 is 0 Å². The Kier molecular flexibility index (Phi) is 3.16. The van der Waals surface area contributed by atoms with Gasteiger partial charge >= 0.3 is 0 Å². The van der Waals surface area contributed by atoms with Gasteiger partial charge in [0.15, 0.2) is 0 Å². The summed E-state index contributed by atoms with van der Waals surface area (Å²) in [5.41, 5.74) is 1.93. The topological polar surface area (TPSA) is 35.1 Å². The number of nitrogens with zero attached hydrogens (tertiary/aromatic N) is 1. The molecule has 2 aliphatic rings. The van der Waals surface area contributed by atoms with Gasteiger partial charge in [0.05, 0.1) is 11.4 Å². The van der Waals surface area contributed by atoms with Crippen LogP contribution in [0.15, 0.2) is 71.3 Å². The molecule has 2 aromatic carbocycles. The third-order valence-corrected chi connectivity index (χ3v) is 6.81. The number of aromatic nitrogens is 1. The third-order valence-electron chi connectivity index (χ3n) is 6.81. The fraction of sp³-hybridized carbons (Fsp3) is 0.292. The van der Waals surface area contributed by atoms with Crippen molar-refractivity contribution in [2.75, 3.05) is 0 Å². The van der Waals surface area contributed by atoms with Gasteiger partial charge in [-0.05, 0) is 55.4 Å². The van der Waals surface area contributed by atoms with Crippen molar-refractivity contribution in [1.29, 1.82) is 0 Å². The van der Waals surface area contributed by atoms with Crippen LogP contribution in [0.2, 0.25) is 0 Å². The smallest absolute Gasteiger partial charge is 0.235 e. The van der Waals surface area contributed by atoms with Gasteiger partial charge in [-0.25, -0.2) is 0 Å². The van der Waals surface area contributed by atoms with E-state index >= 15 is 0 Å². The predicted octanol–water partition coefficient (Wildman–Crippen LogP) is 5.86. The molecule has 0 unspecified atom stereocenters. The molecule has 0 saturated heterocycles. The van der Waals surface area contributed by atoms with E-state index in [0.717, 1.165) is 40.5 Å². The molecule has 3 nitrogen and oxygen atoms in total. The van der Waals surface area contributed by atoms with Crippen molar-refractivity contribution in [3.8, 4) is 0 Å². The fourth-order valence-corrected chi connectivity index (χ4v) is 5.66. The van der Waals surface area contributed by atoms with Crippen LogP contribution >= 0.6 is 0 Å². The summed E-state index contributed by atoms with van der Waals surface area (Å²) < 4.78 is 8.10. The molecule has 2 fully saturated rings. The normalized spacial score (nSPS) is 27.0. The summed E-state index contributed by atoms with van der Waals surface area (Å²) in [6.07, 6.45) is 5.46. The Morgan fingerprint density at radius 2 is 1.70 bits per heavy atom. The lowest BCUT2D eigenvalue weighted by molar-refractivity contribution is 0.0759. The SMILES string of the molecule is O=C([C@@H]1[C@@H]2CC[C@@H](C2)[C@H]1c1cc2ccccc2o1)n1ccc2ccccc21. The number of furan rings is 1. The molecule has 27 heavy (non-hydrogen) atoms. The number of benzene rings is 2. The standard InChI is InChI=1S/C24H21NO2/c26-24(25-12-11-15-5-1-3-7-19(15)25)23-18-10-9-17(13-18)22(23)21-14-16-6-2-4-8-20(16)27-21/h1-8,11-12,14,17-18,22-23H,9-10,13H2/t17-,18+,22-,23+/m0/s1. The molecule has 3 heteroatoms. The Hall–Kier alpha value is -2.81. The third kappa shape index (κ3) is 2.18. The Morgan fingerprint density at radius 1 is 0.926 bits per heavy atom. The Balaban J connectivity index is 1.45. The Labute approximate surface area is 157 Å². The number of rotatable bonds is 2. The highest BCUT2D eigenvalue weighted by atomic mass is 16.3. The van der Waals surface area contributed by atoms with Gasteiger partial charge < -0.3 is 4.42 Å². The molecule has 4 aromatic rings. The summed E-state index contributed by atoms with van der Waals surface area (Å²) in [6, 6.07) is 20.5. The maximum Gasteiger partial charge on any atom is 0.235 e. The monoisotopic (exact) mass is 355 g/mol. The first-order chi connectivity index (χ1) is 13.3. The summed E-state index contributed by atoms with van der Waals surface area (Å²) in [4.78, 5) is 13.6. The molecule has 0 aliphatic heterocycles. The molecule has 134 valence electrons. The first-order valence-corrected chi connectivity index (χ1v) is 9.88. The van der Waals surface area contributed by atoms with E-state index in [4.69, 9.17) is 4.42 Å². The minimum absolute atomic E-state index is 0.0140. The lowest BCUT2D eigenvalue weighted by Gasteiger charge is -2.28. The van der Waals surface area contributed by atoms with Gasteiger partial charge in [0.2, 0.25) is 5.91 Å². The van der Waals surface area contributed by atoms with E-state index in [0.29, 0.717) is 11.8 Å². The zero-order valence-corrected chi connectivity index (χ0v) is 15.0. The Morgan fingerprint density at radius 3 is 2.59 bits per heavy atom. The van der Waals surface area contributed by atoms with Crippen LogP contribution in [0.3, 0.4) is 0 Å². The number of carbonyl (C=O) groups is 1. The number of hydrogen-bond donors (Lipinski definition) is 0. The van der Waals surface area contributed by atoms with E-state index in [1.165, 1.54) is 6.42 Å². The lowest BCUT2D eigenvalue weighted by Crippen LogP contribution is -2.31. The second-order valence-electron chi connectivity index (χ2n) is 8.15. The van der Waals surface area contributed by atoms with Crippen LogP contribution in [0, 0.1) is 17.8 Å². The van der Waals surface area contributed by atoms with E-state index in [2.05, 4.69) is 18.2 Å². The molecular formula is C24H21NO2. The van der Waals surface area contributed by atoms with Gasteiger partial charge in [-0.15, -0.1) is 0 Å². The molecule has 0 spiro atoms. The highest BCUT2D eigenvalue weighted by molar-refractivity contribution is 5.94. The van der Waals surface area contributed by atoms with Gasteiger partial charge in [0.25, 0.3) is 0 Å². The molecular weight excluding hydrogens is 334 g/mol. The van der Waals surface area contributed by atoms with Gasteiger partial charge in [-0.1, -0.05) is 36.4 Å². The van der Waals surface area contributed by atoms with E-state index in [1.54, 1.807) is 0 Å². The average molecular weight is 355 g/mol. The van der Waals surface area contributed by atoms with Crippen molar-refractivity contribution in [2.45, 2.75) is 25.2 Å².